The number of non-ortho nitro benzene ring substituents is 1. The van der Waals surface area contributed by atoms with Crippen molar-refractivity contribution in [2.45, 2.75) is 13.3 Å². The number of amides is 1. The van der Waals surface area contributed by atoms with E-state index in [1.807, 2.05) is 48.7 Å². The van der Waals surface area contributed by atoms with Gasteiger partial charge in [-0.05, 0) is 61.0 Å². The smallest absolute Gasteiger partial charge is 0.269 e. The average molecular weight is 577 g/mol. The number of hydrogen-bond acceptors (Lipinski definition) is 7. The lowest BCUT2D eigenvalue weighted by Gasteiger charge is -2.15. The van der Waals surface area contributed by atoms with Crippen molar-refractivity contribution in [1.82, 2.24) is 9.88 Å². The quantitative estimate of drug-likeness (QED) is 0.0890. The number of nitro benzene ring substituents is 1. The molecule has 1 saturated heterocycles. The highest BCUT2D eigenvalue weighted by Crippen LogP contribution is 2.36. The number of para-hydroxylation sites is 1. The first-order valence-corrected chi connectivity index (χ1v) is 14.0. The molecule has 9 nitrogen and oxygen atoms in total. The molecule has 0 bridgehead atoms. The number of fused-ring (bicyclic) bond motifs is 1. The first-order valence-electron chi connectivity index (χ1n) is 13.2. The minimum Gasteiger partial charge on any atom is -0.457 e. The molecule has 1 amide bonds. The van der Waals surface area contributed by atoms with Crippen LogP contribution in [0.2, 0.25) is 0 Å². The molecule has 208 valence electrons. The van der Waals surface area contributed by atoms with Gasteiger partial charge in [-0.2, -0.15) is 0 Å². The number of aliphatic imine (C=N–C) groups is 1. The topological polar surface area (TPSA) is 122 Å². The standard InChI is InChI=1S/C32H24N4O5S/c1-20(37)21-6-8-22(9-7-21)29-15-14-26(41-29)18-30-31(38)35(17-16-23-19-33-28-5-3-2-4-27(23)28)32(42-30)34-24-10-12-25(13-11-24)36(39)40/h2-15,18-19,33H,16-17H2,1H3/b30-18-,34-32?. The van der Waals surface area contributed by atoms with Gasteiger partial charge in [0.25, 0.3) is 11.6 Å². The summed E-state index contributed by atoms with van der Waals surface area (Å²) in [4.78, 5) is 45.9. The Bertz CT molecular complexity index is 1880. The third-order valence-electron chi connectivity index (χ3n) is 6.93. The molecule has 3 aromatic carbocycles. The lowest BCUT2D eigenvalue weighted by Crippen LogP contribution is -2.31. The van der Waals surface area contributed by atoms with E-state index in [1.165, 1.54) is 30.8 Å². The first-order chi connectivity index (χ1) is 20.4. The second-order valence-corrected chi connectivity index (χ2v) is 10.7. The number of aromatic nitrogens is 1. The number of H-pyrrole nitrogens is 1. The van der Waals surface area contributed by atoms with E-state index in [0.717, 1.165) is 22.0 Å². The van der Waals surface area contributed by atoms with E-state index in [1.54, 1.807) is 41.3 Å². The van der Waals surface area contributed by atoms with Gasteiger partial charge in [0.1, 0.15) is 11.5 Å². The molecule has 0 radical (unpaired) electrons. The molecule has 0 spiro atoms. The van der Waals surface area contributed by atoms with E-state index in [2.05, 4.69) is 9.98 Å². The number of aromatic amines is 1. The summed E-state index contributed by atoms with van der Waals surface area (Å²) in [7, 11) is 0. The van der Waals surface area contributed by atoms with Crippen LogP contribution in [-0.2, 0) is 11.2 Å². The monoisotopic (exact) mass is 576 g/mol. The van der Waals surface area contributed by atoms with Gasteiger partial charge in [0.05, 0.1) is 15.5 Å². The zero-order chi connectivity index (χ0) is 29.2. The Balaban J connectivity index is 1.28. The maximum atomic E-state index is 13.6. The summed E-state index contributed by atoms with van der Waals surface area (Å²) in [5.41, 5.74) is 4.02. The zero-order valence-electron chi connectivity index (χ0n) is 22.4. The second-order valence-electron chi connectivity index (χ2n) is 9.68. The van der Waals surface area contributed by atoms with Gasteiger partial charge < -0.3 is 9.40 Å². The maximum Gasteiger partial charge on any atom is 0.269 e. The minimum absolute atomic E-state index is 0.0105. The SMILES string of the molecule is CC(=O)c1ccc(-c2ccc(/C=C3\SC(=Nc4ccc([N+](=O)[O-])cc4)N(CCc4c[nH]c5ccccc45)C3=O)o2)cc1. The number of carbonyl (C=O) groups is 2. The molecular formula is C32H24N4O5S. The number of rotatable bonds is 8. The van der Waals surface area contributed by atoms with Gasteiger partial charge in [0.15, 0.2) is 11.0 Å². The van der Waals surface area contributed by atoms with Crippen LogP contribution in [0.4, 0.5) is 11.4 Å². The lowest BCUT2D eigenvalue weighted by molar-refractivity contribution is -0.384. The predicted octanol–water partition coefficient (Wildman–Crippen LogP) is 7.39. The summed E-state index contributed by atoms with van der Waals surface area (Å²) in [6, 6.07) is 24.7. The van der Waals surface area contributed by atoms with Crippen molar-refractivity contribution in [3.8, 4) is 11.3 Å². The number of thioether (sulfide) groups is 1. The van der Waals surface area contributed by atoms with Gasteiger partial charge in [-0.1, -0.05) is 42.5 Å². The summed E-state index contributed by atoms with van der Waals surface area (Å²) < 4.78 is 6.02. The summed E-state index contributed by atoms with van der Waals surface area (Å²) in [6.07, 6.45) is 4.25. The van der Waals surface area contributed by atoms with Crippen LogP contribution < -0.4 is 0 Å². The molecule has 42 heavy (non-hydrogen) atoms. The van der Waals surface area contributed by atoms with Gasteiger partial charge in [0, 0.05) is 53.0 Å². The molecule has 0 unspecified atom stereocenters. The van der Waals surface area contributed by atoms with Crippen LogP contribution >= 0.6 is 11.8 Å². The molecule has 6 rings (SSSR count). The Morgan fingerprint density at radius 1 is 1.05 bits per heavy atom. The number of nitrogens with zero attached hydrogens (tertiary/aromatic N) is 3. The molecule has 1 fully saturated rings. The largest absolute Gasteiger partial charge is 0.457 e. The summed E-state index contributed by atoms with van der Waals surface area (Å²) in [6.45, 7) is 1.91. The fraction of sp³-hybridized carbons (Fsp3) is 0.0938. The number of ketones is 1. The molecular weight excluding hydrogens is 552 g/mol. The van der Waals surface area contributed by atoms with E-state index in [9.17, 15) is 19.7 Å². The molecule has 5 aromatic rings. The summed E-state index contributed by atoms with van der Waals surface area (Å²) in [5, 5.41) is 12.6. The fourth-order valence-corrected chi connectivity index (χ4v) is 5.71. The van der Waals surface area contributed by atoms with Gasteiger partial charge in [0.2, 0.25) is 0 Å². The van der Waals surface area contributed by atoms with Crippen molar-refractivity contribution in [2.75, 3.05) is 6.54 Å². The summed E-state index contributed by atoms with van der Waals surface area (Å²) >= 11 is 1.23. The normalized spacial score (nSPS) is 15.3. The van der Waals surface area contributed by atoms with Crippen LogP contribution in [0.25, 0.3) is 28.3 Å². The number of carbonyl (C=O) groups excluding carboxylic acids is 2. The fourth-order valence-electron chi connectivity index (χ4n) is 4.70. The summed E-state index contributed by atoms with van der Waals surface area (Å²) in [5.74, 6) is 0.904. The van der Waals surface area contributed by atoms with Crippen LogP contribution in [-0.4, -0.2) is 38.2 Å². The van der Waals surface area contributed by atoms with Gasteiger partial charge in [-0.15, -0.1) is 0 Å². The van der Waals surface area contributed by atoms with Crippen LogP contribution in [0.1, 0.15) is 28.6 Å². The molecule has 0 aliphatic carbocycles. The highest BCUT2D eigenvalue weighted by molar-refractivity contribution is 8.18. The Morgan fingerprint density at radius 2 is 1.81 bits per heavy atom. The third-order valence-corrected chi connectivity index (χ3v) is 7.94. The van der Waals surface area contributed by atoms with E-state index in [-0.39, 0.29) is 17.4 Å². The van der Waals surface area contributed by atoms with E-state index in [4.69, 9.17) is 4.42 Å². The predicted molar refractivity (Wildman–Crippen MR) is 164 cm³/mol. The molecule has 2 aromatic heterocycles. The van der Waals surface area contributed by atoms with Crippen LogP contribution in [0.3, 0.4) is 0 Å². The van der Waals surface area contributed by atoms with Crippen LogP contribution in [0.5, 0.6) is 0 Å². The Labute approximate surface area is 244 Å². The number of nitrogens with one attached hydrogen (secondary N) is 1. The maximum absolute atomic E-state index is 13.6. The molecule has 0 saturated carbocycles. The highest BCUT2D eigenvalue weighted by atomic mass is 32.2. The van der Waals surface area contributed by atoms with E-state index >= 15 is 0 Å². The minimum atomic E-state index is -0.464. The molecule has 1 aliphatic rings. The third kappa shape index (κ3) is 5.52. The van der Waals surface area contributed by atoms with Crippen molar-refractivity contribution in [1.29, 1.82) is 0 Å². The van der Waals surface area contributed by atoms with Crippen molar-refractivity contribution in [3.63, 3.8) is 0 Å². The molecule has 1 N–H and O–H groups in total. The lowest BCUT2D eigenvalue weighted by atomic mass is 10.1. The van der Waals surface area contributed by atoms with Crippen LogP contribution in [0, 0.1) is 10.1 Å². The highest BCUT2D eigenvalue weighted by Gasteiger charge is 2.33. The molecule has 10 heteroatoms. The van der Waals surface area contributed by atoms with Gasteiger partial charge >= 0.3 is 0 Å². The zero-order valence-corrected chi connectivity index (χ0v) is 23.3. The van der Waals surface area contributed by atoms with E-state index in [0.29, 0.717) is 45.8 Å². The Hall–Kier alpha value is -5.22. The molecule has 1 aliphatic heterocycles. The molecule has 0 atom stereocenters. The van der Waals surface area contributed by atoms with Crippen molar-refractivity contribution < 1.29 is 18.9 Å². The number of nitro groups is 1. The number of benzene rings is 3. The van der Waals surface area contributed by atoms with Gasteiger partial charge in [-0.25, -0.2) is 4.99 Å². The van der Waals surface area contributed by atoms with Crippen molar-refractivity contribution >= 4 is 57.0 Å². The molecule has 3 heterocycles. The Kier molecular flexibility index (Phi) is 7.28. The number of hydrogen-bond donors (Lipinski definition) is 1. The van der Waals surface area contributed by atoms with Crippen LogP contribution in [0.15, 0.2) is 105 Å². The number of furan rings is 1. The average Bonchev–Trinajstić information content (AvgIpc) is 3.71. The van der Waals surface area contributed by atoms with Crippen molar-refractivity contribution in [3.05, 3.63) is 123 Å². The Morgan fingerprint density at radius 3 is 2.55 bits per heavy atom. The van der Waals surface area contributed by atoms with Gasteiger partial charge in [-0.3, -0.25) is 24.6 Å². The second kappa shape index (κ2) is 11.3. The number of Topliss-reactive ketones (excluding diaryl/α,β-unsaturated/α-hetero) is 1. The van der Waals surface area contributed by atoms with E-state index < -0.39 is 4.92 Å². The van der Waals surface area contributed by atoms with Crippen molar-refractivity contribution in [2.24, 2.45) is 4.99 Å². The number of amidine groups is 1. The first kappa shape index (κ1) is 27.0.